The van der Waals surface area contributed by atoms with E-state index in [4.69, 9.17) is 16.2 Å². The summed E-state index contributed by atoms with van der Waals surface area (Å²) in [6.07, 6.45) is 2.75. The number of esters is 1. The maximum Gasteiger partial charge on any atom is 0.320 e. The molecule has 2 aliphatic rings. The minimum absolute atomic E-state index is 0.0937. The molecule has 0 radical (unpaired) electrons. The number of nitrogens with zero attached hydrogens (tertiary/aromatic N) is 2. The molecule has 0 aliphatic carbocycles. The van der Waals surface area contributed by atoms with Crippen molar-refractivity contribution < 1.29 is 28.7 Å². The summed E-state index contributed by atoms with van der Waals surface area (Å²) in [6.45, 7) is 9.41. The summed E-state index contributed by atoms with van der Waals surface area (Å²) in [6, 6.07) is 16.4. The number of Topliss-reactive ketones (excluding diaryl/α,β-unsaturated/α-hetero) is 1. The molecule has 2 aromatic rings. The summed E-state index contributed by atoms with van der Waals surface area (Å²) >= 11 is 0. The molecule has 0 aromatic heterocycles. The largest absolute Gasteiger partial charge is 0.465 e. The number of rotatable bonds is 21. The van der Waals surface area contributed by atoms with Crippen molar-refractivity contribution in [2.45, 2.75) is 83.8 Å². The van der Waals surface area contributed by atoms with Crippen molar-refractivity contribution in [3.05, 3.63) is 71.8 Å². The second kappa shape index (κ2) is 20.9. The number of unbranched alkanes of at least 4 members (excludes halogenated alkanes) is 1. The Morgan fingerprint density at radius 3 is 1.96 bits per heavy atom. The summed E-state index contributed by atoms with van der Waals surface area (Å²) in [5, 5.41) is 5.96. The van der Waals surface area contributed by atoms with E-state index >= 15 is 0 Å². The minimum atomic E-state index is -0.886. The minimum Gasteiger partial charge on any atom is -0.465 e. The van der Waals surface area contributed by atoms with Crippen LogP contribution in [0.4, 0.5) is 0 Å². The zero-order valence-corrected chi connectivity index (χ0v) is 31.7. The zero-order chi connectivity index (χ0) is 38.3. The van der Waals surface area contributed by atoms with Gasteiger partial charge in [0.05, 0.1) is 25.2 Å². The van der Waals surface area contributed by atoms with Crippen molar-refractivity contribution in [2.24, 2.45) is 35.1 Å². The van der Waals surface area contributed by atoms with Gasteiger partial charge in [0.1, 0.15) is 6.04 Å². The maximum atomic E-state index is 14.1. The predicted octanol–water partition coefficient (Wildman–Crippen LogP) is 2.47. The number of carbonyl (C=O) groups is 5. The molecule has 12 nitrogen and oxygen atoms in total. The van der Waals surface area contributed by atoms with E-state index in [0.29, 0.717) is 65.0 Å². The van der Waals surface area contributed by atoms with Crippen LogP contribution < -0.4 is 22.1 Å². The van der Waals surface area contributed by atoms with Crippen LogP contribution >= 0.6 is 0 Å². The molecule has 6 atom stereocenters. The highest BCUT2D eigenvalue weighted by molar-refractivity contribution is 5.95. The highest BCUT2D eigenvalue weighted by Gasteiger charge is 2.43. The predicted molar refractivity (Wildman–Crippen MR) is 204 cm³/mol. The van der Waals surface area contributed by atoms with Crippen molar-refractivity contribution in [3.8, 4) is 0 Å². The number of hydrogen-bond donors (Lipinski definition) is 4. The van der Waals surface area contributed by atoms with E-state index < -0.39 is 30.0 Å². The third-order valence-electron chi connectivity index (χ3n) is 10.3. The first-order valence-electron chi connectivity index (χ1n) is 19.3. The number of benzene rings is 2. The van der Waals surface area contributed by atoms with Gasteiger partial charge in [-0.15, -0.1) is 0 Å². The van der Waals surface area contributed by atoms with Crippen LogP contribution in [0.15, 0.2) is 60.7 Å². The molecule has 2 saturated heterocycles. The molecule has 4 rings (SSSR count). The van der Waals surface area contributed by atoms with Crippen LogP contribution in [0.1, 0.15) is 64.0 Å². The van der Waals surface area contributed by atoms with Gasteiger partial charge in [-0.1, -0.05) is 74.5 Å². The number of ketones is 1. The average molecular weight is 733 g/mol. The molecule has 0 saturated carbocycles. The van der Waals surface area contributed by atoms with E-state index in [1.54, 1.807) is 6.92 Å². The number of carbonyl (C=O) groups excluding carboxylic acids is 5. The Hall–Kier alpha value is -4.13. The fourth-order valence-electron chi connectivity index (χ4n) is 7.62. The molecule has 6 unspecified atom stereocenters. The number of fused-ring (bicyclic) bond motifs is 1. The van der Waals surface area contributed by atoms with Gasteiger partial charge in [0.25, 0.3) is 0 Å². The van der Waals surface area contributed by atoms with Gasteiger partial charge in [-0.2, -0.15) is 0 Å². The van der Waals surface area contributed by atoms with Gasteiger partial charge in [-0.25, -0.2) is 0 Å². The zero-order valence-electron chi connectivity index (χ0n) is 31.7. The summed E-state index contributed by atoms with van der Waals surface area (Å²) in [4.78, 5) is 71.5. The first-order chi connectivity index (χ1) is 25.5. The van der Waals surface area contributed by atoms with Crippen LogP contribution in [-0.4, -0.2) is 103 Å². The third-order valence-corrected chi connectivity index (χ3v) is 10.3. The number of ether oxygens (including phenoxy) is 1. The number of likely N-dealkylation sites (tertiary alicyclic amines) is 2. The second-order valence-electron chi connectivity index (χ2n) is 15.2. The van der Waals surface area contributed by atoms with E-state index in [1.807, 2.05) is 79.4 Å². The fourth-order valence-corrected chi connectivity index (χ4v) is 7.62. The molecule has 2 aromatic carbocycles. The Bertz CT molecular complexity index is 1480. The summed E-state index contributed by atoms with van der Waals surface area (Å²) in [5.74, 6) is -1.51. The van der Waals surface area contributed by atoms with Gasteiger partial charge in [-0.05, 0) is 80.9 Å². The van der Waals surface area contributed by atoms with Crippen molar-refractivity contribution in [2.75, 3.05) is 45.9 Å². The van der Waals surface area contributed by atoms with Gasteiger partial charge in [0.2, 0.25) is 17.7 Å². The lowest BCUT2D eigenvalue weighted by molar-refractivity contribution is -0.144. The van der Waals surface area contributed by atoms with E-state index in [1.165, 1.54) is 0 Å². The Morgan fingerprint density at radius 1 is 0.811 bits per heavy atom. The molecule has 12 heteroatoms. The number of amides is 3. The Kier molecular flexibility index (Phi) is 16.4. The van der Waals surface area contributed by atoms with Crippen molar-refractivity contribution >= 4 is 29.5 Å². The third kappa shape index (κ3) is 13.0. The molecular formula is C41H60N6O6. The van der Waals surface area contributed by atoms with Gasteiger partial charge < -0.3 is 31.7 Å². The molecule has 53 heavy (non-hydrogen) atoms. The molecular weight excluding hydrogens is 672 g/mol. The molecule has 290 valence electrons. The van der Waals surface area contributed by atoms with Crippen LogP contribution in [0.3, 0.4) is 0 Å². The lowest BCUT2D eigenvalue weighted by Crippen LogP contribution is -2.52. The molecule has 0 spiro atoms. The fraction of sp³-hybridized carbons (Fsp3) is 0.585. The summed E-state index contributed by atoms with van der Waals surface area (Å²) in [7, 11) is 0. The Labute approximate surface area is 314 Å². The molecule has 6 N–H and O–H groups in total. The van der Waals surface area contributed by atoms with E-state index in [0.717, 1.165) is 17.5 Å². The molecule has 2 heterocycles. The highest BCUT2D eigenvalue weighted by atomic mass is 16.5. The average Bonchev–Trinajstić information content (AvgIpc) is 3.70. The lowest BCUT2D eigenvalue weighted by atomic mass is 9.88. The normalized spacial score (nSPS) is 19.2. The summed E-state index contributed by atoms with van der Waals surface area (Å²) in [5.41, 5.74) is 13.9. The summed E-state index contributed by atoms with van der Waals surface area (Å²) < 4.78 is 5.11. The Balaban J connectivity index is 1.44. The van der Waals surface area contributed by atoms with Crippen molar-refractivity contribution in [1.29, 1.82) is 0 Å². The standard InChI is InChI=1S/C41H60N6O6/c1-4-53-38(49)27-46-23-32-25-47(26-33(32)24-46)41(52)35(17-11-12-18-42)44-39(50)31(19-28(2)3)22-37(48)36(21-30-15-9-6-10-16-30)45-40(51)34(43)20-29-13-7-5-8-14-29/h5-10,13-16,28,31-36H,4,11-12,17-27,42-43H2,1-3H3,(H,44,50)(H,45,51). The smallest absolute Gasteiger partial charge is 0.320 e. The first kappa shape index (κ1) is 41.6. The highest BCUT2D eigenvalue weighted by Crippen LogP contribution is 2.32. The second-order valence-corrected chi connectivity index (χ2v) is 15.2. The molecule has 2 aliphatic heterocycles. The van der Waals surface area contributed by atoms with E-state index in [9.17, 15) is 24.0 Å². The van der Waals surface area contributed by atoms with E-state index in [2.05, 4.69) is 15.5 Å². The van der Waals surface area contributed by atoms with Crippen molar-refractivity contribution in [1.82, 2.24) is 20.4 Å². The topological polar surface area (TPSA) is 177 Å². The van der Waals surface area contributed by atoms with Gasteiger partial charge in [-0.3, -0.25) is 28.9 Å². The van der Waals surface area contributed by atoms with Crippen LogP contribution in [0, 0.1) is 23.7 Å². The van der Waals surface area contributed by atoms with Crippen LogP contribution in [0.25, 0.3) is 0 Å². The number of nitrogens with one attached hydrogen (secondary N) is 2. The first-order valence-corrected chi connectivity index (χ1v) is 19.3. The molecule has 3 amide bonds. The van der Waals surface area contributed by atoms with Crippen LogP contribution in [0.5, 0.6) is 0 Å². The molecule has 2 fully saturated rings. The van der Waals surface area contributed by atoms with Crippen LogP contribution in [0.2, 0.25) is 0 Å². The van der Waals surface area contributed by atoms with E-state index in [-0.39, 0.29) is 60.7 Å². The Morgan fingerprint density at radius 2 is 1.40 bits per heavy atom. The van der Waals surface area contributed by atoms with Crippen LogP contribution in [-0.2, 0) is 41.6 Å². The van der Waals surface area contributed by atoms with Gasteiger partial charge >= 0.3 is 5.97 Å². The number of hydrogen-bond acceptors (Lipinski definition) is 9. The number of nitrogens with two attached hydrogens (primary N) is 2. The van der Waals surface area contributed by atoms with Crippen molar-refractivity contribution in [3.63, 3.8) is 0 Å². The lowest BCUT2D eigenvalue weighted by Gasteiger charge is -2.28. The maximum absolute atomic E-state index is 14.1. The van der Waals surface area contributed by atoms with Gasteiger partial charge in [0, 0.05) is 38.5 Å². The SMILES string of the molecule is CCOC(=O)CN1CC2CN(C(=O)C(CCCCN)NC(=O)C(CC(=O)C(Cc3ccccc3)NC(=O)C(N)Cc3ccccc3)CC(C)C)CC2C1. The monoisotopic (exact) mass is 732 g/mol. The molecule has 0 bridgehead atoms. The quantitative estimate of drug-likeness (QED) is 0.111. The van der Waals surface area contributed by atoms with Gasteiger partial charge in [0.15, 0.2) is 5.78 Å².